The van der Waals surface area contributed by atoms with Crippen molar-refractivity contribution in [3.05, 3.63) is 38.9 Å². The molecule has 0 aromatic heterocycles. The molecule has 1 aliphatic heterocycles. The first-order valence-corrected chi connectivity index (χ1v) is 7.27. The number of nitro benzene ring substituents is 1. The van der Waals surface area contributed by atoms with Crippen molar-refractivity contribution in [2.24, 2.45) is 11.7 Å². The van der Waals surface area contributed by atoms with Crippen LogP contribution < -0.4 is 5.73 Å². The van der Waals surface area contributed by atoms with E-state index in [1.54, 1.807) is 4.90 Å². The highest BCUT2D eigenvalue weighted by molar-refractivity contribution is 6.34. The highest BCUT2D eigenvalue weighted by Gasteiger charge is 2.31. The van der Waals surface area contributed by atoms with E-state index in [9.17, 15) is 14.9 Å². The van der Waals surface area contributed by atoms with Gasteiger partial charge >= 0.3 is 0 Å². The summed E-state index contributed by atoms with van der Waals surface area (Å²) in [7, 11) is 0. The monoisotopic (exact) mass is 311 g/mol. The minimum Gasteiger partial charge on any atom is -0.338 e. The lowest BCUT2D eigenvalue weighted by atomic mass is 9.92. The second-order valence-electron chi connectivity index (χ2n) is 5.40. The number of benzene rings is 1. The molecule has 1 aliphatic rings. The number of nitrogens with two attached hydrogens (primary N) is 1. The van der Waals surface area contributed by atoms with Gasteiger partial charge in [0.15, 0.2) is 0 Å². The first-order chi connectivity index (χ1) is 9.91. The molecule has 0 spiro atoms. The van der Waals surface area contributed by atoms with Crippen molar-refractivity contribution in [1.29, 1.82) is 0 Å². The van der Waals surface area contributed by atoms with Crippen LogP contribution in [0.2, 0.25) is 5.02 Å². The molecule has 0 aliphatic carbocycles. The molecule has 1 aromatic carbocycles. The summed E-state index contributed by atoms with van der Waals surface area (Å²) in [6.45, 7) is 3.00. The van der Waals surface area contributed by atoms with Gasteiger partial charge in [0.1, 0.15) is 5.56 Å². The Kier molecular flexibility index (Phi) is 4.80. The van der Waals surface area contributed by atoms with Crippen LogP contribution in [0.4, 0.5) is 5.69 Å². The average Bonchev–Trinajstić information content (AvgIpc) is 2.46. The van der Waals surface area contributed by atoms with Crippen LogP contribution in [-0.4, -0.2) is 34.9 Å². The van der Waals surface area contributed by atoms with Gasteiger partial charge in [0.05, 0.1) is 9.95 Å². The first kappa shape index (κ1) is 15.7. The zero-order chi connectivity index (χ0) is 15.6. The lowest BCUT2D eigenvalue weighted by molar-refractivity contribution is -0.385. The van der Waals surface area contributed by atoms with Crippen LogP contribution in [0.5, 0.6) is 0 Å². The number of hydrogen-bond donors (Lipinski definition) is 1. The van der Waals surface area contributed by atoms with Crippen molar-refractivity contribution in [1.82, 2.24) is 4.90 Å². The molecular weight excluding hydrogens is 294 g/mol. The topological polar surface area (TPSA) is 89.5 Å². The van der Waals surface area contributed by atoms with Crippen LogP contribution in [0.1, 0.15) is 30.1 Å². The van der Waals surface area contributed by atoms with Crippen LogP contribution in [0.15, 0.2) is 18.2 Å². The van der Waals surface area contributed by atoms with E-state index < -0.39 is 10.8 Å². The Morgan fingerprint density at radius 3 is 2.90 bits per heavy atom. The molecule has 2 atom stereocenters. The summed E-state index contributed by atoms with van der Waals surface area (Å²) in [5.74, 6) is -0.179. The minimum atomic E-state index is -0.577. The lowest BCUT2D eigenvalue weighted by Gasteiger charge is -2.34. The molecule has 1 heterocycles. The van der Waals surface area contributed by atoms with Gasteiger partial charge in [-0.3, -0.25) is 14.9 Å². The molecule has 0 radical (unpaired) electrons. The third-order valence-electron chi connectivity index (χ3n) is 3.89. The quantitative estimate of drug-likeness (QED) is 0.686. The van der Waals surface area contributed by atoms with Crippen LogP contribution in [0.25, 0.3) is 0 Å². The second-order valence-corrected chi connectivity index (χ2v) is 5.81. The maximum absolute atomic E-state index is 12.6. The van der Waals surface area contributed by atoms with E-state index >= 15 is 0 Å². The first-order valence-electron chi connectivity index (χ1n) is 6.89. The normalized spacial score (nSPS) is 20.1. The maximum atomic E-state index is 12.6. The van der Waals surface area contributed by atoms with Crippen LogP contribution in [-0.2, 0) is 0 Å². The number of nitrogens with zero attached hydrogens (tertiary/aromatic N) is 2. The van der Waals surface area contributed by atoms with Crippen molar-refractivity contribution in [3.8, 4) is 0 Å². The zero-order valence-corrected chi connectivity index (χ0v) is 12.5. The summed E-state index contributed by atoms with van der Waals surface area (Å²) in [4.78, 5) is 24.7. The third-order valence-corrected chi connectivity index (χ3v) is 4.21. The Labute approximate surface area is 128 Å². The fourth-order valence-electron chi connectivity index (χ4n) is 2.66. The van der Waals surface area contributed by atoms with Crippen LogP contribution in [0.3, 0.4) is 0 Å². The number of carbonyl (C=O) groups excluding carboxylic acids is 1. The summed E-state index contributed by atoms with van der Waals surface area (Å²) < 4.78 is 0. The van der Waals surface area contributed by atoms with E-state index in [1.807, 2.05) is 6.92 Å². The molecule has 1 saturated heterocycles. The fourth-order valence-corrected chi connectivity index (χ4v) is 2.91. The summed E-state index contributed by atoms with van der Waals surface area (Å²) in [6.07, 6.45) is 1.81. The molecule has 2 N–H and O–H groups in total. The second kappa shape index (κ2) is 6.41. The number of carbonyl (C=O) groups is 1. The summed E-state index contributed by atoms with van der Waals surface area (Å²) >= 11 is 6.01. The van der Waals surface area contributed by atoms with Gasteiger partial charge in [-0.2, -0.15) is 0 Å². The molecule has 0 bridgehead atoms. The molecule has 21 heavy (non-hydrogen) atoms. The molecule has 0 saturated carbocycles. The third kappa shape index (κ3) is 3.33. The summed E-state index contributed by atoms with van der Waals surface area (Å²) in [5.41, 5.74) is 5.62. The zero-order valence-electron chi connectivity index (χ0n) is 11.8. The van der Waals surface area contributed by atoms with Crippen molar-refractivity contribution in [2.75, 3.05) is 13.1 Å². The van der Waals surface area contributed by atoms with E-state index in [1.165, 1.54) is 18.2 Å². The van der Waals surface area contributed by atoms with E-state index in [0.29, 0.717) is 13.1 Å². The van der Waals surface area contributed by atoms with Gasteiger partial charge in [-0.1, -0.05) is 17.7 Å². The highest BCUT2D eigenvalue weighted by Crippen LogP contribution is 2.29. The predicted molar refractivity (Wildman–Crippen MR) is 80.4 cm³/mol. The standard InChI is InChI=1S/C14H18ClN3O3/c1-9(16)10-4-3-7-17(8-10)14(19)13-11(15)5-2-6-12(13)18(20)21/h2,5-6,9-10H,3-4,7-8,16H2,1H3. The minimum absolute atomic E-state index is 0.0122. The van der Waals surface area contributed by atoms with Crippen molar-refractivity contribution in [2.45, 2.75) is 25.8 Å². The van der Waals surface area contributed by atoms with Crippen molar-refractivity contribution in [3.63, 3.8) is 0 Å². The lowest BCUT2D eigenvalue weighted by Crippen LogP contribution is -2.45. The molecular formula is C14H18ClN3O3. The highest BCUT2D eigenvalue weighted by atomic mass is 35.5. The van der Waals surface area contributed by atoms with E-state index in [-0.39, 0.29) is 28.2 Å². The molecule has 2 rings (SSSR count). The van der Waals surface area contributed by atoms with Crippen molar-refractivity contribution < 1.29 is 9.72 Å². The van der Waals surface area contributed by atoms with Crippen LogP contribution >= 0.6 is 11.6 Å². The SMILES string of the molecule is CC(N)C1CCCN(C(=O)c2c(Cl)cccc2[N+](=O)[O-])C1. The maximum Gasteiger partial charge on any atom is 0.283 e. The van der Waals surface area contributed by atoms with Crippen LogP contribution in [0, 0.1) is 16.0 Å². The summed E-state index contributed by atoms with van der Waals surface area (Å²) in [6, 6.07) is 4.25. The molecule has 1 amide bonds. The fraction of sp³-hybridized carbons (Fsp3) is 0.500. The molecule has 2 unspecified atom stereocenters. The van der Waals surface area contributed by atoms with Gasteiger partial charge in [-0.15, -0.1) is 0 Å². The molecule has 6 nitrogen and oxygen atoms in total. The number of likely N-dealkylation sites (tertiary alicyclic amines) is 1. The number of piperidine rings is 1. The van der Waals surface area contributed by atoms with E-state index in [4.69, 9.17) is 17.3 Å². The van der Waals surface area contributed by atoms with Crippen molar-refractivity contribution >= 4 is 23.2 Å². The van der Waals surface area contributed by atoms with Gasteiger partial charge in [0.25, 0.3) is 11.6 Å². The van der Waals surface area contributed by atoms with E-state index in [2.05, 4.69) is 0 Å². The predicted octanol–water partition coefficient (Wildman–Crippen LogP) is 2.45. The molecule has 1 aromatic rings. The van der Waals surface area contributed by atoms with Gasteiger partial charge < -0.3 is 10.6 Å². The summed E-state index contributed by atoms with van der Waals surface area (Å²) in [5, 5.41) is 11.2. The Hall–Kier alpha value is -1.66. The Balaban J connectivity index is 2.30. The number of amides is 1. The number of nitro groups is 1. The molecule has 114 valence electrons. The Bertz CT molecular complexity index is 562. The van der Waals surface area contributed by atoms with Gasteiger partial charge in [0, 0.05) is 25.2 Å². The average molecular weight is 312 g/mol. The number of hydrogen-bond acceptors (Lipinski definition) is 4. The van der Waals surface area contributed by atoms with E-state index in [0.717, 1.165) is 12.8 Å². The molecule has 1 fully saturated rings. The van der Waals surface area contributed by atoms with Gasteiger partial charge in [-0.05, 0) is 31.7 Å². The van der Waals surface area contributed by atoms with Gasteiger partial charge in [0.2, 0.25) is 0 Å². The number of halogens is 1. The Morgan fingerprint density at radius 2 is 2.29 bits per heavy atom. The largest absolute Gasteiger partial charge is 0.338 e. The van der Waals surface area contributed by atoms with Gasteiger partial charge in [-0.25, -0.2) is 0 Å². The molecule has 7 heteroatoms. The Morgan fingerprint density at radius 1 is 1.57 bits per heavy atom. The smallest absolute Gasteiger partial charge is 0.283 e. The number of rotatable bonds is 3.